The van der Waals surface area contributed by atoms with Crippen LogP contribution >= 0.6 is 0 Å². The van der Waals surface area contributed by atoms with Crippen molar-refractivity contribution in [1.82, 2.24) is 9.13 Å². The molecule has 31 heavy (non-hydrogen) atoms. The summed E-state index contributed by atoms with van der Waals surface area (Å²) >= 11 is 0. The van der Waals surface area contributed by atoms with Gasteiger partial charge >= 0.3 is 5.69 Å². The van der Waals surface area contributed by atoms with Gasteiger partial charge in [-0.1, -0.05) is 0 Å². The van der Waals surface area contributed by atoms with Gasteiger partial charge in [-0.15, -0.1) is 0 Å². The van der Waals surface area contributed by atoms with Crippen LogP contribution in [-0.2, 0) is 18.8 Å². The lowest BCUT2D eigenvalue weighted by molar-refractivity contribution is 0.325. The van der Waals surface area contributed by atoms with E-state index in [1.54, 1.807) is 25.1 Å². The number of nitrogens with zero attached hydrogens (tertiary/aromatic N) is 4. The summed E-state index contributed by atoms with van der Waals surface area (Å²) < 4.78 is 23.9. The summed E-state index contributed by atoms with van der Waals surface area (Å²) in [5.41, 5.74) is -0.501. The van der Waals surface area contributed by atoms with Crippen LogP contribution in [0.3, 0.4) is 0 Å². The van der Waals surface area contributed by atoms with Gasteiger partial charge < -0.3 is 18.9 Å². The highest BCUT2D eigenvalue weighted by Crippen LogP contribution is 2.44. The Bertz CT molecular complexity index is 1230. The van der Waals surface area contributed by atoms with E-state index in [0.29, 0.717) is 23.7 Å². The van der Waals surface area contributed by atoms with Crippen molar-refractivity contribution in [2.45, 2.75) is 12.8 Å². The largest absolute Gasteiger partial charge is 0.497 e. The molecule has 1 aromatic carbocycles. The first-order valence-electron chi connectivity index (χ1n) is 9.37. The van der Waals surface area contributed by atoms with Gasteiger partial charge in [0.2, 0.25) is 11.8 Å². The molecule has 0 fully saturated rings. The number of allylic oxidation sites excluding steroid dienone is 1. The van der Waals surface area contributed by atoms with Crippen LogP contribution < -0.4 is 25.5 Å². The molecule has 10 nitrogen and oxygen atoms in total. The maximum absolute atomic E-state index is 13.2. The fourth-order valence-corrected chi connectivity index (χ4v) is 3.38. The van der Waals surface area contributed by atoms with Crippen molar-refractivity contribution < 1.29 is 18.9 Å². The molecule has 0 aliphatic carbocycles. The number of aromatic nitrogens is 2. The molecular weight excluding hydrogens is 404 g/mol. The van der Waals surface area contributed by atoms with Crippen LogP contribution in [0.2, 0.25) is 0 Å². The average molecular weight is 426 g/mol. The van der Waals surface area contributed by atoms with Gasteiger partial charge in [0.05, 0.1) is 32.3 Å². The zero-order valence-corrected chi connectivity index (χ0v) is 17.8. The molecule has 0 N–H and O–H groups in total. The van der Waals surface area contributed by atoms with Crippen LogP contribution in [0.25, 0.3) is 0 Å². The van der Waals surface area contributed by atoms with E-state index < -0.39 is 17.2 Å². The maximum atomic E-state index is 13.2. The van der Waals surface area contributed by atoms with E-state index in [2.05, 4.69) is 11.1 Å². The van der Waals surface area contributed by atoms with Gasteiger partial charge in [-0.2, -0.15) is 10.3 Å². The summed E-state index contributed by atoms with van der Waals surface area (Å²) in [5, 5.41) is 10.00. The fraction of sp³-hybridized carbons (Fsp3) is 0.333. The number of aliphatic imine (C=N–C) groups is 1. The molecular formula is C21H22N4O6. The smallest absolute Gasteiger partial charge is 0.333 e. The standard InChI is InChI=1S/C21H22N4O6/c1-6-30-11-23-18-14(10-22)16(13-9-12(28-4)7-8-15(13)29-5)17-19(26)24(2)21(27)25(3)20(17)31-18/h7-9,11,16H,6H2,1-5H3/b23-11+. The molecule has 2 heterocycles. The number of ether oxygens (including phenoxy) is 4. The van der Waals surface area contributed by atoms with E-state index in [1.165, 1.54) is 32.9 Å². The van der Waals surface area contributed by atoms with Gasteiger partial charge in [0.15, 0.2) is 6.40 Å². The van der Waals surface area contributed by atoms with Gasteiger partial charge in [0, 0.05) is 19.7 Å². The second-order valence-corrected chi connectivity index (χ2v) is 6.59. The molecule has 0 amide bonds. The zero-order chi connectivity index (χ0) is 22.7. The Hall–Kier alpha value is -4.00. The first kappa shape index (κ1) is 21.7. The van der Waals surface area contributed by atoms with Crippen molar-refractivity contribution in [3.8, 4) is 23.4 Å². The molecule has 1 aromatic heterocycles. The monoisotopic (exact) mass is 426 g/mol. The predicted octanol–water partition coefficient (Wildman–Crippen LogP) is 1.43. The molecule has 1 unspecified atom stereocenters. The number of fused-ring (bicyclic) bond motifs is 1. The van der Waals surface area contributed by atoms with Gasteiger partial charge in [-0.25, -0.2) is 4.79 Å². The minimum atomic E-state index is -0.918. The summed E-state index contributed by atoms with van der Waals surface area (Å²) in [6.07, 6.45) is 1.15. The summed E-state index contributed by atoms with van der Waals surface area (Å²) in [7, 11) is 5.82. The number of benzene rings is 1. The fourth-order valence-electron chi connectivity index (χ4n) is 3.38. The van der Waals surface area contributed by atoms with Crippen molar-refractivity contribution >= 4 is 6.40 Å². The number of rotatable bonds is 6. The molecule has 2 aromatic rings. The van der Waals surface area contributed by atoms with Crippen LogP contribution in [0.1, 0.15) is 24.0 Å². The van der Waals surface area contributed by atoms with Crippen molar-refractivity contribution in [3.63, 3.8) is 0 Å². The molecule has 1 aliphatic heterocycles. The van der Waals surface area contributed by atoms with Crippen LogP contribution in [0.5, 0.6) is 17.4 Å². The molecule has 3 rings (SSSR count). The third kappa shape index (κ3) is 3.66. The molecule has 0 spiro atoms. The second kappa shape index (κ2) is 8.79. The van der Waals surface area contributed by atoms with Crippen LogP contribution in [0, 0.1) is 11.3 Å². The average Bonchev–Trinajstić information content (AvgIpc) is 2.80. The van der Waals surface area contributed by atoms with Gasteiger partial charge in [-0.3, -0.25) is 13.9 Å². The molecule has 1 atom stereocenters. The summed E-state index contributed by atoms with van der Waals surface area (Å²) in [4.78, 5) is 29.8. The minimum absolute atomic E-state index is 0.00868. The first-order valence-corrected chi connectivity index (χ1v) is 9.37. The van der Waals surface area contributed by atoms with E-state index in [1.807, 2.05) is 0 Å². The number of methoxy groups -OCH3 is 2. The number of nitriles is 1. The lowest BCUT2D eigenvalue weighted by atomic mass is 9.84. The number of hydrogen-bond donors (Lipinski definition) is 0. The second-order valence-electron chi connectivity index (χ2n) is 6.59. The van der Waals surface area contributed by atoms with E-state index >= 15 is 0 Å². The third-order valence-electron chi connectivity index (χ3n) is 4.92. The summed E-state index contributed by atoms with van der Waals surface area (Å²) in [5.74, 6) is -0.0807. The molecule has 1 aliphatic rings. The van der Waals surface area contributed by atoms with Crippen LogP contribution in [0.4, 0.5) is 0 Å². The molecule has 10 heteroatoms. The third-order valence-corrected chi connectivity index (χ3v) is 4.92. The van der Waals surface area contributed by atoms with Gasteiger partial charge in [0.1, 0.15) is 23.1 Å². The van der Waals surface area contributed by atoms with E-state index in [9.17, 15) is 14.9 Å². The quantitative estimate of drug-likeness (QED) is 0.506. The molecule has 162 valence electrons. The highest BCUT2D eigenvalue weighted by molar-refractivity contribution is 5.59. The van der Waals surface area contributed by atoms with Crippen molar-refractivity contribution in [1.29, 1.82) is 5.26 Å². The minimum Gasteiger partial charge on any atom is -0.497 e. The highest BCUT2D eigenvalue weighted by Gasteiger charge is 2.38. The maximum Gasteiger partial charge on any atom is 0.333 e. The molecule has 0 saturated heterocycles. The lowest BCUT2D eigenvalue weighted by Crippen LogP contribution is -2.42. The van der Waals surface area contributed by atoms with E-state index in [4.69, 9.17) is 18.9 Å². The predicted molar refractivity (Wildman–Crippen MR) is 112 cm³/mol. The Labute approximate surface area is 178 Å². The Morgan fingerprint density at radius 1 is 1.23 bits per heavy atom. The van der Waals surface area contributed by atoms with E-state index in [-0.39, 0.29) is 22.9 Å². The Balaban J connectivity index is 2.43. The van der Waals surface area contributed by atoms with E-state index in [0.717, 1.165) is 11.0 Å². The Kier molecular flexibility index (Phi) is 6.15. The van der Waals surface area contributed by atoms with Crippen molar-refractivity contribution in [2.24, 2.45) is 19.1 Å². The van der Waals surface area contributed by atoms with Gasteiger partial charge in [-0.05, 0) is 25.1 Å². The Morgan fingerprint density at radius 3 is 2.58 bits per heavy atom. The summed E-state index contributed by atoms with van der Waals surface area (Å²) in [6.45, 7) is 2.14. The van der Waals surface area contributed by atoms with Crippen molar-refractivity contribution in [3.05, 3.63) is 61.6 Å². The molecule has 0 saturated carbocycles. The van der Waals surface area contributed by atoms with Crippen LogP contribution in [0.15, 0.2) is 44.2 Å². The first-order chi connectivity index (χ1) is 14.9. The molecule has 0 radical (unpaired) electrons. The van der Waals surface area contributed by atoms with Crippen LogP contribution in [-0.4, -0.2) is 36.4 Å². The molecule has 0 bridgehead atoms. The Morgan fingerprint density at radius 2 is 1.97 bits per heavy atom. The summed E-state index contributed by atoms with van der Waals surface area (Å²) in [6, 6.07) is 7.14. The number of hydrogen-bond acceptors (Lipinski definition) is 8. The topological polar surface area (TPSA) is 117 Å². The SMILES string of the molecule is CCO/C=N/C1=C(C#N)C(c2cc(OC)ccc2OC)c2c(n(C)c(=O)n(C)c2=O)O1. The van der Waals surface area contributed by atoms with Gasteiger partial charge in [0.25, 0.3) is 5.56 Å². The zero-order valence-electron chi connectivity index (χ0n) is 17.8. The highest BCUT2D eigenvalue weighted by atomic mass is 16.5. The van der Waals surface area contributed by atoms with Crippen molar-refractivity contribution in [2.75, 3.05) is 20.8 Å². The normalized spacial score (nSPS) is 15.3. The lowest BCUT2D eigenvalue weighted by Gasteiger charge is -2.28.